The van der Waals surface area contributed by atoms with Crippen LogP contribution in [0.2, 0.25) is 0 Å². The van der Waals surface area contributed by atoms with E-state index in [9.17, 15) is 9.90 Å². The average Bonchev–Trinajstić information content (AvgIpc) is 2.31. The van der Waals surface area contributed by atoms with E-state index in [2.05, 4.69) is 37.4 Å². The summed E-state index contributed by atoms with van der Waals surface area (Å²) in [4.78, 5) is 12.1. The number of carbonyl (C=O) groups is 1. The second-order valence-electron chi connectivity index (χ2n) is 6.23. The molecule has 0 aromatic heterocycles. The van der Waals surface area contributed by atoms with Gasteiger partial charge in [-0.15, -0.1) is 0 Å². The Bertz CT molecular complexity index is 507. The fourth-order valence-electron chi connectivity index (χ4n) is 2.79. The third-order valence-electron chi connectivity index (χ3n) is 4.05. The number of nitrogens with two attached hydrogens (primary N) is 1. The molecule has 4 N–H and O–H groups in total. The number of rotatable bonds is 4. The van der Waals surface area contributed by atoms with Crippen molar-refractivity contribution in [3.8, 4) is 0 Å². The second kappa shape index (κ2) is 5.54. The molecule has 0 heterocycles. The lowest BCUT2D eigenvalue weighted by atomic mass is 9.74. The van der Waals surface area contributed by atoms with Crippen LogP contribution in [0.25, 0.3) is 0 Å². The minimum atomic E-state index is -0.879. The lowest BCUT2D eigenvalue weighted by Gasteiger charge is -2.41. The number of aryl methyl sites for hydroxylation is 2. The third-order valence-corrected chi connectivity index (χ3v) is 4.05. The van der Waals surface area contributed by atoms with Crippen molar-refractivity contribution in [1.82, 2.24) is 5.32 Å². The second-order valence-corrected chi connectivity index (χ2v) is 6.23. The number of aliphatic hydroxyl groups excluding tert-OH is 1. The summed E-state index contributed by atoms with van der Waals surface area (Å²) in [6.45, 7) is 6.14. The standard InChI is InChI=1S/C16H24N2O2/c1-10-4-5-13(11(2)6-10)7-12(3)18-15(20)16(17)8-14(19)9-16/h4-6,12,14,19H,7-9,17H2,1-3H3,(H,18,20). The van der Waals surface area contributed by atoms with Crippen molar-refractivity contribution < 1.29 is 9.90 Å². The van der Waals surface area contributed by atoms with Crippen LogP contribution in [0, 0.1) is 13.8 Å². The zero-order chi connectivity index (χ0) is 14.9. The van der Waals surface area contributed by atoms with Gasteiger partial charge in [0.25, 0.3) is 0 Å². The van der Waals surface area contributed by atoms with Crippen LogP contribution in [0.1, 0.15) is 36.5 Å². The number of amides is 1. The van der Waals surface area contributed by atoms with Crippen LogP contribution in [0.15, 0.2) is 18.2 Å². The maximum atomic E-state index is 12.1. The van der Waals surface area contributed by atoms with E-state index in [1.807, 2.05) is 6.92 Å². The number of aliphatic hydroxyl groups is 1. The van der Waals surface area contributed by atoms with Gasteiger partial charge in [-0.2, -0.15) is 0 Å². The fourth-order valence-corrected chi connectivity index (χ4v) is 2.79. The Morgan fingerprint density at radius 2 is 2.15 bits per heavy atom. The summed E-state index contributed by atoms with van der Waals surface area (Å²) >= 11 is 0. The molecule has 0 aliphatic heterocycles. The molecule has 2 rings (SSSR count). The molecule has 1 aliphatic carbocycles. The van der Waals surface area contributed by atoms with Gasteiger partial charge in [-0.05, 0) is 38.3 Å². The van der Waals surface area contributed by atoms with Gasteiger partial charge >= 0.3 is 0 Å². The van der Waals surface area contributed by atoms with Crippen LogP contribution < -0.4 is 11.1 Å². The minimum absolute atomic E-state index is 0.0297. The van der Waals surface area contributed by atoms with Gasteiger partial charge in [0.05, 0.1) is 6.10 Å². The molecule has 1 fully saturated rings. The molecule has 0 saturated heterocycles. The van der Waals surface area contributed by atoms with Gasteiger partial charge in [-0.3, -0.25) is 4.79 Å². The van der Waals surface area contributed by atoms with Gasteiger partial charge in [0.15, 0.2) is 0 Å². The zero-order valence-electron chi connectivity index (χ0n) is 12.4. The molecule has 1 amide bonds. The van der Waals surface area contributed by atoms with Crippen LogP contribution in [-0.4, -0.2) is 28.7 Å². The predicted molar refractivity (Wildman–Crippen MR) is 79.4 cm³/mol. The van der Waals surface area contributed by atoms with Crippen molar-refractivity contribution in [2.24, 2.45) is 5.73 Å². The number of benzene rings is 1. The minimum Gasteiger partial charge on any atom is -0.393 e. The van der Waals surface area contributed by atoms with Crippen molar-refractivity contribution in [3.05, 3.63) is 34.9 Å². The van der Waals surface area contributed by atoms with E-state index in [4.69, 9.17) is 5.73 Å². The molecule has 1 aliphatic rings. The van der Waals surface area contributed by atoms with Crippen molar-refractivity contribution in [2.45, 2.75) is 57.7 Å². The van der Waals surface area contributed by atoms with E-state index in [0.717, 1.165) is 6.42 Å². The molecular weight excluding hydrogens is 252 g/mol. The summed E-state index contributed by atoms with van der Waals surface area (Å²) in [6, 6.07) is 6.38. The Labute approximate surface area is 120 Å². The Hall–Kier alpha value is -1.39. The van der Waals surface area contributed by atoms with Gasteiger partial charge in [-0.25, -0.2) is 0 Å². The SMILES string of the molecule is Cc1ccc(CC(C)NC(=O)C2(N)CC(O)C2)c(C)c1. The normalized spacial score (nSPS) is 26.8. The monoisotopic (exact) mass is 276 g/mol. The molecule has 1 saturated carbocycles. The zero-order valence-corrected chi connectivity index (χ0v) is 12.4. The molecule has 0 radical (unpaired) electrons. The number of nitrogens with one attached hydrogen (secondary N) is 1. The Balaban J connectivity index is 1.92. The predicted octanol–water partition coefficient (Wildman–Crippen LogP) is 1.20. The van der Waals surface area contributed by atoms with Crippen molar-refractivity contribution in [1.29, 1.82) is 0 Å². The Morgan fingerprint density at radius 1 is 1.50 bits per heavy atom. The lowest BCUT2D eigenvalue weighted by Crippen LogP contribution is -2.64. The summed E-state index contributed by atoms with van der Waals surface area (Å²) in [6.07, 6.45) is 1.07. The Kier molecular flexibility index (Phi) is 4.16. The highest BCUT2D eigenvalue weighted by molar-refractivity contribution is 5.87. The van der Waals surface area contributed by atoms with E-state index in [1.165, 1.54) is 16.7 Å². The largest absolute Gasteiger partial charge is 0.393 e. The molecule has 110 valence electrons. The van der Waals surface area contributed by atoms with E-state index in [0.29, 0.717) is 12.8 Å². The molecule has 1 unspecified atom stereocenters. The van der Waals surface area contributed by atoms with E-state index >= 15 is 0 Å². The van der Waals surface area contributed by atoms with Crippen LogP contribution >= 0.6 is 0 Å². The molecule has 0 spiro atoms. The summed E-state index contributed by atoms with van der Waals surface area (Å²) < 4.78 is 0. The van der Waals surface area contributed by atoms with Gasteiger partial charge in [0.1, 0.15) is 5.54 Å². The molecule has 20 heavy (non-hydrogen) atoms. The van der Waals surface area contributed by atoms with Gasteiger partial charge in [0, 0.05) is 18.9 Å². The van der Waals surface area contributed by atoms with E-state index in [-0.39, 0.29) is 11.9 Å². The van der Waals surface area contributed by atoms with E-state index < -0.39 is 11.6 Å². The summed E-state index contributed by atoms with van der Waals surface area (Å²) in [7, 11) is 0. The highest BCUT2D eigenvalue weighted by Crippen LogP contribution is 2.30. The summed E-state index contributed by atoms with van der Waals surface area (Å²) in [5.74, 6) is -0.153. The number of hydrogen-bond donors (Lipinski definition) is 3. The highest BCUT2D eigenvalue weighted by atomic mass is 16.3. The average molecular weight is 276 g/mol. The first-order valence-electron chi connectivity index (χ1n) is 7.14. The number of carbonyl (C=O) groups excluding carboxylic acids is 1. The highest BCUT2D eigenvalue weighted by Gasteiger charge is 2.46. The lowest BCUT2D eigenvalue weighted by molar-refractivity contribution is -0.134. The van der Waals surface area contributed by atoms with E-state index in [1.54, 1.807) is 0 Å². The first-order valence-corrected chi connectivity index (χ1v) is 7.14. The van der Waals surface area contributed by atoms with Crippen molar-refractivity contribution in [2.75, 3.05) is 0 Å². The van der Waals surface area contributed by atoms with Crippen LogP contribution in [0.5, 0.6) is 0 Å². The topological polar surface area (TPSA) is 75.4 Å². The molecule has 1 aromatic carbocycles. The maximum Gasteiger partial charge on any atom is 0.240 e. The molecule has 1 aromatic rings. The van der Waals surface area contributed by atoms with Crippen molar-refractivity contribution >= 4 is 5.91 Å². The fraction of sp³-hybridized carbons (Fsp3) is 0.562. The van der Waals surface area contributed by atoms with Crippen LogP contribution in [0.4, 0.5) is 0 Å². The van der Waals surface area contributed by atoms with Crippen molar-refractivity contribution in [3.63, 3.8) is 0 Å². The first kappa shape index (κ1) is 15.0. The van der Waals surface area contributed by atoms with Gasteiger partial charge in [0.2, 0.25) is 5.91 Å². The van der Waals surface area contributed by atoms with Gasteiger partial charge in [-0.1, -0.05) is 23.8 Å². The maximum absolute atomic E-state index is 12.1. The summed E-state index contributed by atoms with van der Waals surface area (Å²) in [5.41, 5.74) is 8.80. The first-order chi connectivity index (χ1) is 9.30. The Morgan fingerprint density at radius 3 is 2.70 bits per heavy atom. The molecule has 0 bridgehead atoms. The van der Waals surface area contributed by atoms with Crippen LogP contribution in [0.3, 0.4) is 0 Å². The third kappa shape index (κ3) is 3.19. The van der Waals surface area contributed by atoms with Crippen LogP contribution in [-0.2, 0) is 11.2 Å². The quantitative estimate of drug-likeness (QED) is 0.773. The molecule has 4 nitrogen and oxygen atoms in total. The summed E-state index contributed by atoms with van der Waals surface area (Å²) in [5, 5.41) is 12.3. The molecule has 1 atom stereocenters. The molecular formula is C16H24N2O2. The smallest absolute Gasteiger partial charge is 0.240 e. The van der Waals surface area contributed by atoms with Gasteiger partial charge < -0.3 is 16.2 Å². The molecule has 4 heteroatoms. The number of hydrogen-bond acceptors (Lipinski definition) is 3.